The summed E-state index contributed by atoms with van der Waals surface area (Å²) in [6, 6.07) is 12.6. The van der Waals surface area contributed by atoms with Crippen molar-refractivity contribution in [2.75, 3.05) is 5.32 Å². The number of carbonyl (C=O) groups excluding carboxylic acids is 2. The summed E-state index contributed by atoms with van der Waals surface area (Å²) in [5.74, 6) is -0.413. The molecule has 23 heavy (non-hydrogen) atoms. The van der Waals surface area contributed by atoms with Crippen molar-refractivity contribution in [1.82, 2.24) is 4.98 Å². The molecule has 2 N–H and O–H groups in total. The third kappa shape index (κ3) is 2.98. The fraction of sp³-hybridized carbons (Fsp3) is 0.111. The number of benzene rings is 2. The maximum atomic E-state index is 12.8. The van der Waals surface area contributed by atoms with Crippen LogP contribution in [0, 0.1) is 6.92 Å². The van der Waals surface area contributed by atoms with Gasteiger partial charge in [0.1, 0.15) is 5.69 Å². The molecular formula is C18H15ClN2O2. The zero-order valence-electron chi connectivity index (χ0n) is 12.7. The number of carbonyl (C=O) groups is 2. The largest absolute Gasteiger partial charge is 0.350 e. The van der Waals surface area contributed by atoms with Crippen molar-refractivity contribution in [3.05, 3.63) is 64.3 Å². The molecule has 1 aromatic heterocycles. The first kappa shape index (κ1) is 15.3. The number of amides is 1. The van der Waals surface area contributed by atoms with Gasteiger partial charge in [0, 0.05) is 28.4 Å². The first-order chi connectivity index (χ1) is 11.0. The van der Waals surface area contributed by atoms with Gasteiger partial charge in [-0.15, -0.1) is 0 Å². The maximum absolute atomic E-state index is 12.8. The molecule has 5 heteroatoms. The van der Waals surface area contributed by atoms with Crippen LogP contribution in [0.4, 0.5) is 5.69 Å². The number of ketones is 1. The highest BCUT2D eigenvalue weighted by Gasteiger charge is 2.20. The molecule has 0 fully saturated rings. The fourth-order valence-corrected chi connectivity index (χ4v) is 2.75. The number of hydrogen-bond acceptors (Lipinski definition) is 2. The van der Waals surface area contributed by atoms with Crippen LogP contribution in [-0.4, -0.2) is 16.7 Å². The van der Waals surface area contributed by atoms with E-state index in [2.05, 4.69) is 10.3 Å². The molecule has 3 aromatic rings. The summed E-state index contributed by atoms with van der Waals surface area (Å²) in [6.45, 7) is 3.34. The van der Waals surface area contributed by atoms with Gasteiger partial charge in [-0.05, 0) is 31.2 Å². The summed E-state index contributed by atoms with van der Waals surface area (Å²) in [5.41, 5.74) is 3.10. The highest BCUT2D eigenvalue weighted by Crippen LogP contribution is 2.31. The molecule has 3 rings (SSSR count). The van der Waals surface area contributed by atoms with Crippen molar-refractivity contribution in [3.63, 3.8) is 0 Å². The monoisotopic (exact) mass is 326 g/mol. The molecule has 1 amide bonds. The van der Waals surface area contributed by atoms with Crippen LogP contribution in [0.25, 0.3) is 10.9 Å². The molecule has 1 heterocycles. The average Bonchev–Trinajstić information content (AvgIpc) is 2.83. The smallest absolute Gasteiger partial charge is 0.221 e. The average molecular weight is 327 g/mol. The minimum Gasteiger partial charge on any atom is -0.350 e. The third-order valence-corrected chi connectivity index (χ3v) is 3.80. The second kappa shape index (κ2) is 5.89. The summed E-state index contributed by atoms with van der Waals surface area (Å²) < 4.78 is 0. The van der Waals surface area contributed by atoms with Gasteiger partial charge in [0.05, 0.1) is 5.69 Å². The first-order valence-corrected chi connectivity index (χ1v) is 7.53. The lowest BCUT2D eigenvalue weighted by atomic mass is 10.0. The molecule has 0 saturated heterocycles. The van der Waals surface area contributed by atoms with E-state index in [9.17, 15) is 9.59 Å². The molecule has 0 bridgehead atoms. The minimum atomic E-state index is -0.237. The predicted octanol–water partition coefficient (Wildman–Crippen LogP) is 4.32. The number of fused-ring (bicyclic) bond motifs is 1. The van der Waals surface area contributed by atoms with Crippen molar-refractivity contribution < 1.29 is 9.59 Å². The molecule has 0 aliphatic carbocycles. The summed E-state index contributed by atoms with van der Waals surface area (Å²) in [5, 5.41) is 4.06. The van der Waals surface area contributed by atoms with Gasteiger partial charge in [0.15, 0.2) is 0 Å². The van der Waals surface area contributed by atoms with E-state index in [0.717, 1.165) is 10.9 Å². The van der Waals surface area contributed by atoms with Gasteiger partial charge in [0.2, 0.25) is 11.7 Å². The summed E-state index contributed by atoms with van der Waals surface area (Å²) >= 11 is 6.01. The molecule has 0 radical (unpaired) electrons. The summed E-state index contributed by atoms with van der Waals surface area (Å²) in [4.78, 5) is 27.4. The van der Waals surface area contributed by atoms with Crippen LogP contribution in [0.3, 0.4) is 0 Å². The van der Waals surface area contributed by atoms with Crippen LogP contribution in [0.1, 0.15) is 28.5 Å². The Bertz CT molecular complexity index is 928. The molecule has 0 atom stereocenters. The Morgan fingerprint density at radius 3 is 2.61 bits per heavy atom. The summed E-state index contributed by atoms with van der Waals surface area (Å²) in [6.07, 6.45) is 0. The highest BCUT2D eigenvalue weighted by atomic mass is 35.5. The Morgan fingerprint density at radius 2 is 1.91 bits per heavy atom. The van der Waals surface area contributed by atoms with E-state index in [0.29, 0.717) is 27.5 Å². The summed E-state index contributed by atoms with van der Waals surface area (Å²) in [7, 11) is 0. The fourth-order valence-electron chi connectivity index (χ4n) is 2.58. The van der Waals surface area contributed by atoms with Gasteiger partial charge in [-0.2, -0.15) is 0 Å². The number of aromatic amines is 1. The Labute approximate surface area is 138 Å². The van der Waals surface area contributed by atoms with Crippen molar-refractivity contribution in [2.24, 2.45) is 0 Å². The molecule has 0 unspecified atom stereocenters. The molecule has 0 spiro atoms. The van der Waals surface area contributed by atoms with Crippen LogP contribution < -0.4 is 5.32 Å². The van der Waals surface area contributed by atoms with E-state index in [1.54, 1.807) is 24.3 Å². The van der Waals surface area contributed by atoms with E-state index in [4.69, 9.17) is 11.6 Å². The minimum absolute atomic E-state index is 0.176. The second-order valence-corrected chi connectivity index (χ2v) is 5.88. The van der Waals surface area contributed by atoms with Gasteiger partial charge in [-0.25, -0.2) is 0 Å². The van der Waals surface area contributed by atoms with Gasteiger partial charge in [-0.1, -0.05) is 35.4 Å². The molecule has 0 aliphatic rings. The van der Waals surface area contributed by atoms with Gasteiger partial charge < -0.3 is 10.3 Å². The Kier molecular flexibility index (Phi) is 3.92. The number of halogens is 1. The van der Waals surface area contributed by atoms with Gasteiger partial charge in [-0.3, -0.25) is 9.59 Å². The standard InChI is InChI=1S/C18H15ClN2O2/c1-10-4-3-5-12(8-10)18(23)17-16(20-11(2)22)14-7-6-13(19)9-15(14)21-17/h3-9,21H,1-2H3,(H,20,22). The lowest BCUT2D eigenvalue weighted by Gasteiger charge is -2.05. The molecule has 2 aromatic carbocycles. The zero-order valence-corrected chi connectivity index (χ0v) is 13.5. The quantitative estimate of drug-likeness (QED) is 0.704. The molecule has 0 saturated carbocycles. The van der Waals surface area contributed by atoms with E-state index in [1.807, 2.05) is 25.1 Å². The van der Waals surface area contributed by atoms with E-state index in [1.165, 1.54) is 6.92 Å². The number of H-pyrrole nitrogens is 1. The van der Waals surface area contributed by atoms with Gasteiger partial charge in [0.25, 0.3) is 0 Å². The Morgan fingerprint density at radius 1 is 1.13 bits per heavy atom. The van der Waals surface area contributed by atoms with Gasteiger partial charge >= 0.3 is 0 Å². The lowest BCUT2D eigenvalue weighted by Crippen LogP contribution is -2.11. The number of hydrogen-bond donors (Lipinski definition) is 2. The topological polar surface area (TPSA) is 62.0 Å². The first-order valence-electron chi connectivity index (χ1n) is 7.16. The molecule has 0 aliphatic heterocycles. The SMILES string of the molecule is CC(=O)Nc1c(C(=O)c2cccc(C)c2)[nH]c2cc(Cl)ccc12. The molecular weight excluding hydrogens is 312 g/mol. The molecule has 4 nitrogen and oxygen atoms in total. The van der Waals surface area contributed by atoms with Crippen LogP contribution in [0.2, 0.25) is 5.02 Å². The Hall–Kier alpha value is -2.59. The van der Waals surface area contributed by atoms with Crippen molar-refractivity contribution >= 4 is 39.9 Å². The normalized spacial score (nSPS) is 10.7. The van der Waals surface area contributed by atoms with Crippen molar-refractivity contribution in [1.29, 1.82) is 0 Å². The molecule has 116 valence electrons. The van der Waals surface area contributed by atoms with Crippen LogP contribution in [0.15, 0.2) is 42.5 Å². The second-order valence-electron chi connectivity index (χ2n) is 5.44. The van der Waals surface area contributed by atoms with E-state index >= 15 is 0 Å². The number of aromatic nitrogens is 1. The van der Waals surface area contributed by atoms with Crippen molar-refractivity contribution in [3.8, 4) is 0 Å². The van der Waals surface area contributed by atoms with Crippen LogP contribution in [0.5, 0.6) is 0 Å². The van der Waals surface area contributed by atoms with E-state index in [-0.39, 0.29) is 11.7 Å². The predicted molar refractivity (Wildman–Crippen MR) is 92.2 cm³/mol. The number of aryl methyl sites for hydroxylation is 1. The van der Waals surface area contributed by atoms with E-state index < -0.39 is 0 Å². The Balaban J connectivity index is 2.19. The number of anilines is 1. The van der Waals surface area contributed by atoms with Crippen LogP contribution in [-0.2, 0) is 4.79 Å². The zero-order chi connectivity index (χ0) is 16.6. The maximum Gasteiger partial charge on any atom is 0.221 e. The number of nitrogens with one attached hydrogen (secondary N) is 2. The third-order valence-electron chi connectivity index (χ3n) is 3.57. The van der Waals surface area contributed by atoms with Crippen molar-refractivity contribution in [2.45, 2.75) is 13.8 Å². The highest BCUT2D eigenvalue weighted by molar-refractivity contribution is 6.31. The van der Waals surface area contributed by atoms with Crippen LogP contribution >= 0.6 is 11.6 Å². The number of rotatable bonds is 3. The lowest BCUT2D eigenvalue weighted by molar-refractivity contribution is -0.114.